The second kappa shape index (κ2) is 9.56. The number of ether oxygens (including phenoxy) is 1. The van der Waals surface area contributed by atoms with Gasteiger partial charge in [0.2, 0.25) is 0 Å². The smallest absolute Gasteiger partial charge is 0.258 e. The SMILES string of the molecule is Cc1ncc(S(=O)(=O)N[C@@H](C)[C@H](Oc2ccc3c(cnn3-c3ccc(F)cc3)c2)c2ccccc2)[nH]1. The molecule has 0 aliphatic carbocycles. The Kier molecular flexibility index (Phi) is 6.29. The number of halogens is 1. The summed E-state index contributed by atoms with van der Waals surface area (Å²) in [5.41, 5.74) is 2.38. The molecule has 2 atom stereocenters. The van der Waals surface area contributed by atoms with Crippen LogP contribution in [0.1, 0.15) is 24.4 Å². The van der Waals surface area contributed by atoms with E-state index in [4.69, 9.17) is 4.74 Å². The maximum atomic E-state index is 13.3. The molecule has 2 aromatic heterocycles. The number of aromatic nitrogens is 4. The minimum atomic E-state index is -3.84. The predicted octanol–water partition coefficient (Wildman–Crippen LogP) is 4.68. The van der Waals surface area contributed by atoms with Crippen LogP contribution >= 0.6 is 0 Å². The molecule has 184 valence electrons. The zero-order valence-electron chi connectivity index (χ0n) is 19.6. The Balaban J connectivity index is 1.44. The maximum absolute atomic E-state index is 13.3. The largest absolute Gasteiger partial charge is 0.484 e. The third-order valence-electron chi connectivity index (χ3n) is 5.77. The van der Waals surface area contributed by atoms with E-state index in [-0.39, 0.29) is 10.8 Å². The van der Waals surface area contributed by atoms with Crippen molar-refractivity contribution < 1.29 is 17.5 Å². The molecule has 5 rings (SSSR count). The molecule has 0 unspecified atom stereocenters. The highest BCUT2D eigenvalue weighted by atomic mass is 32.2. The van der Waals surface area contributed by atoms with Crippen molar-refractivity contribution in [3.8, 4) is 11.4 Å². The van der Waals surface area contributed by atoms with Crippen LogP contribution in [-0.2, 0) is 10.0 Å². The molecule has 0 aliphatic heterocycles. The molecule has 0 spiro atoms. The number of hydrogen-bond acceptors (Lipinski definition) is 5. The average Bonchev–Trinajstić information content (AvgIpc) is 3.50. The molecule has 0 saturated heterocycles. The number of aromatic amines is 1. The van der Waals surface area contributed by atoms with E-state index in [1.807, 2.05) is 42.5 Å². The van der Waals surface area contributed by atoms with Crippen LogP contribution in [0.3, 0.4) is 0 Å². The van der Waals surface area contributed by atoms with E-state index in [9.17, 15) is 12.8 Å². The second-order valence-corrected chi connectivity index (χ2v) is 10.1. The van der Waals surface area contributed by atoms with E-state index in [1.165, 1.54) is 18.3 Å². The summed E-state index contributed by atoms with van der Waals surface area (Å²) in [6.45, 7) is 3.44. The maximum Gasteiger partial charge on any atom is 0.258 e. The zero-order chi connectivity index (χ0) is 25.3. The molecule has 36 heavy (non-hydrogen) atoms. The van der Waals surface area contributed by atoms with Crippen LogP contribution in [0.2, 0.25) is 0 Å². The van der Waals surface area contributed by atoms with Crippen LogP contribution in [-0.4, -0.2) is 34.2 Å². The van der Waals surface area contributed by atoms with E-state index < -0.39 is 22.2 Å². The fourth-order valence-corrected chi connectivity index (χ4v) is 5.24. The topological polar surface area (TPSA) is 102 Å². The predicted molar refractivity (Wildman–Crippen MR) is 134 cm³/mol. The molecule has 8 nitrogen and oxygen atoms in total. The molecule has 3 aromatic carbocycles. The molecule has 2 heterocycles. The molecule has 0 radical (unpaired) electrons. The van der Waals surface area contributed by atoms with Crippen molar-refractivity contribution in [2.24, 2.45) is 0 Å². The average molecular weight is 506 g/mol. The monoisotopic (exact) mass is 505 g/mol. The van der Waals surface area contributed by atoms with Gasteiger partial charge in [-0.2, -0.15) is 5.10 Å². The second-order valence-electron chi connectivity index (χ2n) is 8.45. The number of benzene rings is 3. The number of H-pyrrole nitrogens is 1. The fraction of sp³-hybridized carbons (Fsp3) is 0.154. The lowest BCUT2D eigenvalue weighted by Gasteiger charge is -2.26. The first kappa shape index (κ1) is 23.7. The van der Waals surface area contributed by atoms with Crippen LogP contribution in [0.5, 0.6) is 5.75 Å². The van der Waals surface area contributed by atoms with Crippen LogP contribution in [0.15, 0.2) is 90.2 Å². The summed E-state index contributed by atoms with van der Waals surface area (Å²) in [4.78, 5) is 6.74. The number of rotatable bonds is 8. The zero-order valence-corrected chi connectivity index (χ0v) is 20.4. The first-order valence-corrected chi connectivity index (χ1v) is 12.8. The number of nitrogens with zero attached hydrogens (tertiary/aromatic N) is 3. The Bertz CT molecular complexity index is 1600. The number of sulfonamides is 1. The Morgan fingerprint density at radius 3 is 2.47 bits per heavy atom. The Morgan fingerprint density at radius 2 is 1.78 bits per heavy atom. The van der Waals surface area contributed by atoms with Crippen molar-refractivity contribution in [2.75, 3.05) is 0 Å². The normalized spacial score (nSPS) is 13.5. The highest BCUT2D eigenvalue weighted by molar-refractivity contribution is 7.89. The molecule has 0 amide bonds. The summed E-state index contributed by atoms with van der Waals surface area (Å²) in [6.07, 6.45) is 2.38. The van der Waals surface area contributed by atoms with Gasteiger partial charge in [0.25, 0.3) is 10.0 Å². The van der Waals surface area contributed by atoms with Crippen molar-refractivity contribution in [3.63, 3.8) is 0 Å². The van der Waals surface area contributed by atoms with Gasteiger partial charge in [0, 0.05) is 5.39 Å². The van der Waals surface area contributed by atoms with Gasteiger partial charge in [0.1, 0.15) is 23.5 Å². The van der Waals surface area contributed by atoms with Gasteiger partial charge in [-0.1, -0.05) is 30.3 Å². The standard InChI is InChI=1S/C26H24FN5O3S/c1-17(31-36(33,34)25-16-28-18(2)30-25)26(19-6-4-3-5-7-19)35-23-12-13-24-20(14-23)15-29-32(24)22-10-8-21(27)9-11-22/h3-17,26,31H,1-2H3,(H,28,30)/t17-,26-/m0/s1. The van der Waals surface area contributed by atoms with Crippen molar-refractivity contribution in [3.05, 3.63) is 102 Å². The number of imidazole rings is 1. The molecule has 10 heteroatoms. The fourth-order valence-electron chi connectivity index (χ4n) is 4.03. The lowest BCUT2D eigenvalue weighted by molar-refractivity contribution is 0.173. The van der Waals surface area contributed by atoms with Gasteiger partial charge in [0.05, 0.1) is 29.6 Å². The quantitative estimate of drug-likeness (QED) is 0.319. The molecule has 0 fully saturated rings. The van der Waals surface area contributed by atoms with Gasteiger partial charge in [0.15, 0.2) is 5.03 Å². The molecule has 0 aliphatic rings. The van der Waals surface area contributed by atoms with Gasteiger partial charge in [-0.3, -0.25) is 0 Å². The highest BCUT2D eigenvalue weighted by Crippen LogP contribution is 2.29. The number of aryl methyl sites for hydroxylation is 1. The van der Waals surface area contributed by atoms with E-state index in [2.05, 4.69) is 19.8 Å². The van der Waals surface area contributed by atoms with Gasteiger partial charge in [-0.15, -0.1) is 0 Å². The van der Waals surface area contributed by atoms with Crippen LogP contribution in [0, 0.1) is 12.7 Å². The van der Waals surface area contributed by atoms with E-state index in [0.29, 0.717) is 11.6 Å². The third kappa shape index (κ3) is 4.86. The van der Waals surface area contributed by atoms with Crippen molar-refractivity contribution >= 4 is 20.9 Å². The van der Waals surface area contributed by atoms with Crippen LogP contribution in [0.4, 0.5) is 4.39 Å². The summed E-state index contributed by atoms with van der Waals surface area (Å²) in [5, 5.41) is 5.25. The lowest BCUT2D eigenvalue weighted by atomic mass is 10.0. The van der Waals surface area contributed by atoms with E-state index in [1.54, 1.807) is 42.9 Å². The van der Waals surface area contributed by atoms with Crippen LogP contribution < -0.4 is 9.46 Å². The number of fused-ring (bicyclic) bond motifs is 1. The molecule has 0 saturated carbocycles. The summed E-state index contributed by atoms with van der Waals surface area (Å²) in [7, 11) is -3.84. The van der Waals surface area contributed by atoms with Crippen LogP contribution in [0.25, 0.3) is 16.6 Å². The number of hydrogen-bond donors (Lipinski definition) is 2. The van der Waals surface area contributed by atoms with Gasteiger partial charge < -0.3 is 9.72 Å². The third-order valence-corrected chi connectivity index (χ3v) is 7.23. The lowest BCUT2D eigenvalue weighted by Crippen LogP contribution is -2.39. The number of nitrogens with one attached hydrogen (secondary N) is 2. The molecular weight excluding hydrogens is 481 g/mol. The van der Waals surface area contributed by atoms with Gasteiger partial charge >= 0.3 is 0 Å². The molecule has 2 N–H and O–H groups in total. The molecular formula is C26H24FN5O3S. The van der Waals surface area contributed by atoms with Gasteiger partial charge in [-0.25, -0.2) is 27.2 Å². The Labute approximate surface area is 207 Å². The highest BCUT2D eigenvalue weighted by Gasteiger charge is 2.28. The van der Waals surface area contributed by atoms with Crippen molar-refractivity contribution in [1.82, 2.24) is 24.5 Å². The first-order valence-electron chi connectivity index (χ1n) is 11.3. The Morgan fingerprint density at radius 1 is 1.03 bits per heavy atom. The summed E-state index contributed by atoms with van der Waals surface area (Å²) >= 11 is 0. The Hall–Kier alpha value is -4.02. The summed E-state index contributed by atoms with van der Waals surface area (Å²) in [5.74, 6) is 0.747. The van der Waals surface area contributed by atoms with E-state index >= 15 is 0 Å². The minimum Gasteiger partial charge on any atom is -0.484 e. The summed E-state index contributed by atoms with van der Waals surface area (Å²) in [6, 6.07) is 20.4. The minimum absolute atomic E-state index is 0.00621. The summed E-state index contributed by atoms with van der Waals surface area (Å²) < 4.78 is 49.9. The van der Waals surface area contributed by atoms with Crippen molar-refractivity contribution in [2.45, 2.75) is 31.0 Å². The molecule has 5 aromatic rings. The van der Waals surface area contributed by atoms with E-state index in [0.717, 1.165) is 22.2 Å². The van der Waals surface area contributed by atoms with Gasteiger partial charge in [-0.05, 0) is 61.9 Å². The van der Waals surface area contributed by atoms with Crippen molar-refractivity contribution in [1.29, 1.82) is 0 Å². The molecule has 0 bridgehead atoms. The first-order chi connectivity index (χ1) is 17.3.